The number of Topliss-reactive ketones (excluding diaryl/α,β-unsaturated/α-hetero) is 2. The van der Waals surface area contributed by atoms with Crippen LogP contribution in [0.5, 0.6) is 0 Å². The summed E-state index contributed by atoms with van der Waals surface area (Å²) in [5.74, 6) is -0.0232. The molecule has 1 aliphatic rings. The van der Waals surface area contributed by atoms with Gasteiger partial charge in [0, 0.05) is 12.0 Å². The van der Waals surface area contributed by atoms with Crippen molar-refractivity contribution < 1.29 is 22.4 Å². The van der Waals surface area contributed by atoms with Crippen LogP contribution in [0.3, 0.4) is 0 Å². The molecule has 2 N–H and O–H groups in total. The molecule has 0 spiro atoms. The summed E-state index contributed by atoms with van der Waals surface area (Å²) in [7, 11) is -3.77. The van der Waals surface area contributed by atoms with E-state index in [2.05, 4.69) is 0 Å². The number of primary sulfonamides is 1. The molecule has 2 aromatic carbocycles. The number of rotatable bonds is 4. The maximum Gasteiger partial charge on any atom is 0.238 e. The van der Waals surface area contributed by atoms with Crippen molar-refractivity contribution in [2.75, 3.05) is 0 Å². The summed E-state index contributed by atoms with van der Waals surface area (Å²) < 4.78 is 28.5. The molecule has 0 amide bonds. The van der Waals surface area contributed by atoms with Crippen molar-refractivity contribution in [3.63, 3.8) is 0 Å². The molecule has 0 radical (unpaired) electrons. The Morgan fingerprint density at radius 2 is 1.77 bits per heavy atom. The highest BCUT2D eigenvalue weighted by molar-refractivity contribution is 7.89. The quantitative estimate of drug-likeness (QED) is 0.511. The molecule has 6 nitrogen and oxygen atoms in total. The fourth-order valence-corrected chi connectivity index (χ4v) is 4.07. The largest absolute Gasteiger partial charge is 0.457 e. The predicted octanol–water partition coefficient (Wildman–Crippen LogP) is 3.61. The molecule has 152 valence electrons. The topological polar surface area (TPSA) is 107 Å². The van der Waals surface area contributed by atoms with Crippen molar-refractivity contribution in [3.05, 3.63) is 83.1 Å². The molecule has 1 fully saturated rings. The lowest BCUT2D eigenvalue weighted by Gasteiger charge is -2.07. The van der Waals surface area contributed by atoms with Gasteiger partial charge in [0.15, 0.2) is 11.6 Å². The third kappa shape index (κ3) is 3.90. The van der Waals surface area contributed by atoms with Gasteiger partial charge in [-0.25, -0.2) is 13.6 Å². The first-order chi connectivity index (χ1) is 14.2. The van der Waals surface area contributed by atoms with Gasteiger partial charge in [0.1, 0.15) is 11.5 Å². The van der Waals surface area contributed by atoms with E-state index in [-0.39, 0.29) is 28.5 Å². The van der Waals surface area contributed by atoms with Gasteiger partial charge in [-0.2, -0.15) is 0 Å². The second kappa shape index (κ2) is 7.51. The van der Waals surface area contributed by atoms with Gasteiger partial charge in [-0.05, 0) is 55.0 Å². The van der Waals surface area contributed by atoms with E-state index < -0.39 is 15.9 Å². The Hall–Kier alpha value is -3.29. The zero-order valence-electron chi connectivity index (χ0n) is 16.2. The molecule has 1 atom stereocenters. The molecule has 30 heavy (non-hydrogen) atoms. The fourth-order valence-electron chi connectivity index (χ4n) is 3.56. The van der Waals surface area contributed by atoms with Gasteiger partial charge in [0.25, 0.3) is 0 Å². The molecule has 0 saturated heterocycles. The Balaban J connectivity index is 1.59. The third-order valence-corrected chi connectivity index (χ3v) is 6.03. The minimum atomic E-state index is -3.77. The molecule has 7 heteroatoms. The van der Waals surface area contributed by atoms with Crippen molar-refractivity contribution in [3.8, 4) is 11.3 Å². The van der Waals surface area contributed by atoms with E-state index in [1.54, 1.807) is 24.3 Å². The third-order valence-electron chi connectivity index (χ3n) is 5.10. The van der Waals surface area contributed by atoms with E-state index in [9.17, 15) is 18.0 Å². The Bertz CT molecular complexity index is 1280. The summed E-state index contributed by atoms with van der Waals surface area (Å²) in [4.78, 5) is 25.3. The smallest absolute Gasteiger partial charge is 0.238 e. The number of nitrogens with two attached hydrogens (primary N) is 1. The maximum absolute atomic E-state index is 12.8. The van der Waals surface area contributed by atoms with Crippen LogP contribution in [0.1, 0.15) is 29.2 Å². The summed E-state index contributed by atoms with van der Waals surface area (Å²) in [6.07, 6.45) is 1.62. The Kier molecular flexibility index (Phi) is 5.01. The predicted molar refractivity (Wildman–Crippen MR) is 112 cm³/mol. The van der Waals surface area contributed by atoms with Gasteiger partial charge in [-0.15, -0.1) is 0 Å². The van der Waals surface area contributed by atoms with Crippen molar-refractivity contribution >= 4 is 27.7 Å². The fraction of sp³-hybridized carbons (Fsp3) is 0.130. The van der Waals surface area contributed by atoms with E-state index >= 15 is 0 Å². The molecule has 1 unspecified atom stereocenters. The lowest BCUT2D eigenvalue weighted by Crippen LogP contribution is -2.11. The van der Waals surface area contributed by atoms with Crippen molar-refractivity contribution in [2.24, 2.45) is 5.14 Å². The number of allylic oxidation sites excluding steroid dienone is 1. The normalized spacial score (nSPS) is 18.3. The van der Waals surface area contributed by atoms with Gasteiger partial charge in [0.2, 0.25) is 10.0 Å². The first kappa shape index (κ1) is 20.0. The Morgan fingerprint density at radius 1 is 1.03 bits per heavy atom. The molecular formula is C23H19NO5S. The van der Waals surface area contributed by atoms with Crippen LogP contribution in [-0.4, -0.2) is 20.0 Å². The van der Waals surface area contributed by atoms with Crippen LogP contribution >= 0.6 is 0 Å². The van der Waals surface area contributed by atoms with Crippen molar-refractivity contribution in [2.45, 2.75) is 24.2 Å². The summed E-state index contributed by atoms with van der Waals surface area (Å²) >= 11 is 0. The van der Waals surface area contributed by atoms with Gasteiger partial charge < -0.3 is 4.42 Å². The zero-order chi connectivity index (χ0) is 21.5. The first-order valence-corrected chi connectivity index (χ1v) is 10.9. The number of ketones is 2. The highest BCUT2D eigenvalue weighted by atomic mass is 32.2. The molecule has 4 rings (SSSR count). The van der Waals surface area contributed by atoms with Crippen LogP contribution in [0.4, 0.5) is 0 Å². The number of aryl methyl sites for hydroxylation is 1. The van der Waals surface area contributed by atoms with Gasteiger partial charge >= 0.3 is 0 Å². The van der Waals surface area contributed by atoms with Gasteiger partial charge in [-0.1, -0.05) is 29.8 Å². The van der Waals surface area contributed by atoms with Crippen LogP contribution in [0.25, 0.3) is 17.4 Å². The number of benzene rings is 2. The highest BCUT2D eigenvalue weighted by Gasteiger charge is 2.37. The second-order valence-electron chi connectivity index (χ2n) is 7.29. The van der Waals surface area contributed by atoms with Gasteiger partial charge in [0.05, 0.1) is 16.4 Å². The summed E-state index contributed by atoms with van der Waals surface area (Å²) in [5, 5.41) is 5.11. The maximum atomic E-state index is 12.8. The zero-order valence-corrected chi connectivity index (χ0v) is 17.0. The minimum absolute atomic E-state index is 0.00415. The number of carbonyl (C=O) groups is 2. The minimum Gasteiger partial charge on any atom is -0.457 e. The van der Waals surface area contributed by atoms with E-state index in [1.165, 1.54) is 18.2 Å². The molecule has 3 aromatic rings. The average molecular weight is 421 g/mol. The lowest BCUT2D eigenvalue weighted by molar-refractivity contribution is -0.116. The van der Waals surface area contributed by atoms with E-state index in [0.717, 1.165) is 11.1 Å². The van der Waals surface area contributed by atoms with Crippen LogP contribution in [-0.2, 0) is 19.6 Å². The number of hydrogen-bond acceptors (Lipinski definition) is 5. The van der Waals surface area contributed by atoms with E-state index in [0.29, 0.717) is 17.1 Å². The average Bonchev–Trinajstić information content (AvgIpc) is 3.28. The summed E-state index contributed by atoms with van der Waals surface area (Å²) in [5.41, 5.74) is 2.65. The molecule has 0 bridgehead atoms. The standard InChI is InChI=1S/C23H19NO5S/c1-14-3-2-4-16(11-14)19-13-21(25)20(23(19)26)12-17-7-10-22(29-17)15-5-8-18(9-6-15)30(24,27)28/h2-12,19H,13H2,1H3,(H2,24,27,28). The van der Waals surface area contributed by atoms with Crippen molar-refractivity contribution in [1.82, 2.24) is 0 Å². The van der Waals surface area contributed by atoms with Gasteiger partial charge in [-0.3, -0.25) is 9.59 Å². The molecule has 0 aliphatic heterocycles. The lowest BCUT2D eigenvalue weighted by atomic mass is 9.95. The molecule has 1 aromatic heterocycles. The molecular weight excluding hydrogens is 402 g/mol. The number of furan rings is 1. The molecule has 1 aliphatic carbocycles. The summed E-state index contributed by atoms with van der Waals surface area (Å²) in [6, 6.07) is 16.9. The van der Waals surface area contributed by atoms with E-state index in [1.807, 2.05) is 31.2 Å². The Morgan fingerprint density at radius 3 is 2.43 bits per heavy atom. The number of sulfonamides is 1. The number of carbonyl (C=O) groups excluding carboxylic acids is 2. The van der Waals surface area contributed by atoms with Crippen molar-refractivity contribution in [1.29, 1.82) is 0 Å². The van der Waals surface area contributed by atoms with Crippen LogP contribution < -0.4 is 5.14 Å². The van der Waals surface area contributed by atoms with E-state index in [4.69, 9.17) is 9.56 Å². The van der Waals surface area contributed by atoms with Crippen LogP contribution in [0.2, 0.25) is 0 Å². The SMILES string of the molecule is Cc1cccc(C2CC(=O)C(=Cc3ccc(-c4ccc(S(N)(=O)=O)cc4)o3)C2=O)c1. The summed E-state index contributed by atoms with van der Waals surface area (Å²) in [6.45, 7) is 1.95. The molecule has 1 saturated carbocycles. The Labute approximate surface area is 174 Å². The monoisotopic (exact) mass is 421 g/mol. The first-order valence-electron chi connectivity index (χ1n) is 9.31. The van der Waals surface area contributed by atoms with Crippen LogP contribution in [0, 0.1) is 6.92 Å². The van der Waals surface area contributed by atoms with Crippen LogP contribution in [0.15, 0.2) is 75.5 Å². The number of hydrogen-bond donors (Lipinski definition) is 1. The highest BCUT2D eigenvalue weighted by Crippen LogP contribution is 2.34. The second-order valence-corrected chi connectivity index (χ2v) is 8.85. The molecule has 1 heterocycles.